The molecule has 32 heavy (non-hydrogen) atoms. The Morgan fingerprint density at radius 2 is 1.75 bits per heavy atom. The average molecular weight is 440 g/mol. The van der Waals surface area contributed by atoms with E-state index >= 15 is 0 Å². The predicted molar refractivity (Wildman–Crippen MR) is 118 cm³/mol. The summed E-state index contributed by atoms with van der Waals surface area (Å²) in [6.45, 7) is 1.76. The van der Waals surface area contributed by atoms with Crippen LogP contribution in [0.25, 0.3) is 16.7 Å². The molecular weight excluding hydrogens is 417 g/mol. The summed E-state index contributed by atoms with van der Waals surface area (Å²) < 4.78 is 38.6. The van der Waals surface area contributed by atoms with Crippen LogP contribution in [0.1, 0.15) is 41.4 Å². The lowest BCUT2D eigenvalue weighted by molar-refractivity contribution is -0.137. The first-order valence-corrected chi connectivity index (χ1v) is 10.4. The van der Waals surface area contributed by atoms with Crippen LogP contribution in [0.15, 0.2) is 65.6 Å². The number of nitrogens with zero attached hydrogens (tertiary/aromatic N) is 1. The smallest absolute Gasteiger partial charge is 0.404 e. The fourth-order valence-electron chi connectivity index (χ4n) is 3.96. The molecule has 0 radical (unpaired) electrons. The summed E-state index contributed by atoms with van der Waals surface area (Å²) in [4.78, 5) is 19.8. The zero-order chi connectivity index (χ0) is 22.7. The van der Waals surface area contributed by atoms with Crippen LogP contribution < -0.4 is 16.6 Å². The van der Waals surface area contributed by atoms with Crippen molar-refractivity contribution in [2.45, 2.75) is 24.9 Å². The van der Waals surface area contributed by atoms with Crippen molar-refractivity contribution in [3.63, 3.8) is 0 Å². The molecule has 0 saturated carbocycles. The van der Waals surface area contributed by atoms with Crippen LogP contribution >= 0.6 is 0 Å². The number of benzene rings is 2. The second kappa shape index (κ2) is 9.00. The van der Waals surface area contributed by atoms with Gasteiger partial charge < -0.3 is 16.0 Å². The van der Waals surface area contributed by atoms with Crippen LogP contribution in [0.2, 0.25) is 0 Å². The number of H-pyrrole nitrogens is 1. The predicted octanol–water partition coefficient (Wildman–Crippen LogP) is 4.27. The Kier molecular flexibility index (Phi) is 6.14. The van der Waals surface area contributed by atoms with E-state index in [1.807, 2.05) is 18.2 Å². The lowest BCUT2D eigenvalue weighted by Crippen LogP contribution is -2.28. The minimum Gasteiger partial charge on any atom is -0.404 e. The maximum absolute atomic E-state index is 12.9. The number of aromatic amines is 1. The number of rotatable bonds is 4. The third-order valence-corrected chi connectivity index (χ3v) is 5.66. The van der Waals surface area contributed by atoms with Crippen molar-refractivity contribution in [2.24, 2.45) is 5.73 Å². The highest BCUT2D eigenvalue weighted by Crippen LogP contribution is 2.32. The molecule has 1 aliphatic rings. The van der Waals surface area contributed by atoms with Gasteiger partial charge >= 0.3 is 6.18 Å². The molecule has 4 N–H and O–H groups in total. The van der Waals surface area contributed by atoms with Gasteiger partial charge in [-0.3, -0.25) is 4.79 Å². The molecule has 3 aromatic rings. The van der Waals surface area contributed by atoms with Crippen molar-refractivity contribution in [2.75, 3.05) is 13.1 Å². The number of hydrogen-bond acceptors (Lipinski definition) is 4. The van der Waals surface area contributed by atoms with E-state index < -0.39 is 11.7 Å². The van der Waals surface area contributed by atoms with Gasteiger partial charge in [-0.15, -0.1) is 0 Å². The standard InChI is InChI=1S/C24H23F3N4O/c25-24(26,27)19-6-4-15(5-7-19)17-2-1-3-18(12-17)20(14-28)23-30-21(13-22(32)31-23)16-8-10-29-11-9-16/h1-7,12-14,16,29H,8-11,28H2,(H,30,31,32). The lowest BCUT2D eigenvalue weighted by Gasteiger charge is -2.22. The van der Waals surface area contributed by atoms with Crippen LogP contribution in [0.4, 0.5) is 13.2 Å². The zero-order valence-electron chi connectivity index (χ0n) is 17.2. The molecule has 0 spiro atoms. The van der Waals surface area contributed by atoms with Gasteiger partial charge in [0.05, 0.1) is 11.3 Å². The second-order valence-corrected chi connectivity index (χ2v) is 7.78. The number of alkyl halides is 3. The van der Waals surface area contributed by atoms with Crippen molar-refractivity contribution >= 4 is 5.57 Å². The van der Waals surface area contributed by atoms with Gasteiger partial charge in [0.25, 0.3) is 5.56 Å². The van der Waals surface area contributed by atoms with Gasteiger partial charge in [-0.25, -0.2) is 4.98 Å². The van der Waals surface area contributed by atoms with Gasteiger partial charge in [0.1, 0.15) is 5.82 Å². The first kappa shape index (κ1) is 21.8. The van der Waals surface area contributed by atoms with Crippen molar-refractivity contribution in [1.82, 2.24) is 15.3 Å². The number of nitrogens with two attached hydrogens (primary N) is 1. The largest absolute Gasteiger partial charge is 0.416 e. The fraction of sp³-hybridized carbons (Fsp3) is 0.250. The van der Waals surface area contributed by atoms with E-state index in [0.29, 0.717) is 22.5 Å². The summed E-state index contributed by atoms with van der Waals surface area (Å²) in [7, 11) is 0. The number of aromatic nitrogens is 2. The number of piperidine rings is 1. The highest BCUT2D eigenvalue weighted by atomic mass is 19.4. The molecule has 1 aliphatic heterocycles. The van der Waals surface area contributed by atoms with Crippen LogP contribution in [0.3, 0.4) is 0 Å². The number of nitrogens with one attached hydrogen (secondary N) is 2. The first-order chi connectivity index (χ1) is 15.3. The first-order valence-electron chi connectivity index (χ1n) is 10.4. The molecular formula is C24H23F3N4O. The summed E-state index contributed by atoms with van der Waals surface area (Å²) in [5.74, 6) is 0.577. The summed E-state index contributed by atoms with van der Waals surface area (Å²) in [6.07, 6.45) is -1.19. The summed E-state index contributed by atoms with van der Waals surface area (Å²) in [6, 6.07) is 13.8. The Bertz CT molecular complexity index is 1180. The van der Waals surface area contributed by atoms with Crippen LogP contribution in [-0.4, -0.2) is 23.1 Å². The van der Waals surface area contributed by atoms with Gasteiger partial charge in [-0.1, -0.05) is 30.3 Å². The van der Waals surface area contributed by atoms with Gasteiger partial charge in [0.15, 0.2) is 0 Å². The molecule has 5 nitrogen and oxygen atoms in total. The van der Waals surface area contributed by atoms with Crippen LogP contribution in [-0.2, 0) is 6.18 Å². The molecule has 1 saturated heterocycles. The monoisotopic (exact) mass is 440 g/mol. The van der Waals surface area contributed by atoms with E-state index in [9.17, 15) is 18.0 Å². The van der Waals surface area contributed by atoms with Crippen molar-refractivity contribution in [1.29, 1.82) is 0 Å². The number of hydrogen-bond donors (Lipinski definition) is 3. The van der Waals surface area contributed by atoms with E-state index in [-0.39, 0.29) is 11.5 Å². The minimum atomic E-state index is -4.38. The van der Waals surface area contributed by atoms with Crippen molar-refractivity contribution in [3.8, 4) is 11.1 Å². The molecule has 0 unspecified atom stereocenters. The average Bonchev–Trinajstić information content (AvgIpc) is 2.80. The van der Waals surface area contributed by atoms with Gasteiger partial charge in [0, 0.05) is 23.8 Å². The molecule has 4 rings (SSSR count). The molecule has 0 atom stereocenters. The Morgan fingerprint density at radius 3 is 2.41 bits per heavy atom. The topological polar surface area (TPSA) is 83.8 Å². The molecule has 2 heterocycles. The van der Waals surface area contributed by atoms with Gasteiger partial charge in [-0.05, 0) is 60.8 Å². The number of halogens is 3. The SMILES string of the molecule is NC=C(c1cccc(-c2ccc(C(F)(F)F)cc2)c1)c1nc(C2CCNCC2)cc(=O)[nH]1. The molecule has 0 aliphatic carbocycles. The van der Waals surface area contributed by atoms with E-state index in [1.165, 1.54) is 24.4 Å². The highest BCUT2D eigenvalue weighted by molar-refractivity contribution is 5.79. The molecule has 8 heteroatoms. The molecule has 2 aromatic carbocycles. The quantitative estimate of drug-likeness (QED) is 0.566. The highest BCUT2D eigenvalue weighted by Gasteiger charge is 2.30. The second-order valence-electron chi connectivity index (χ2n) is 7.78. The summed E-state index contributed by atoms with van der Waals surface area (Å²) in [5.41, 5.74) is 8.33. The van der Waals surface area contributed by atoms with E-state index in [0.717, 1.165) is 49.3 Å². The van der Waals surface area contributed by atoms with Crippen molar-refractivity contribution in [3.05, 3.63) is 93.8 Å². The van der Waals surface area contributed by atoms with Crippen LogP contribution in [0.5, 0.6) is 0 Å². The summed E-state index contributed by atoms with van der Waals surface area (Å²) >= 11 is 0. The van der Waals surface area contributed by atoms with Crippen molar-refractivity contribution < 1.29 is 13.2 Å². The molecule has 1 fully saturated rings. The maximum atomic E-state index is 12.9. The maximum Gasteiger partial charge on any atom is 0.416 e. The Labute approximate surface area is 183 Å². The summed E-state index contributed by atoms with van der Waals surface area (Å²) in [5, 5.41) is 3.30. The van der Waals surface area contributed by atoms with Gasteiger partial charge in [-0.2, -0.15) is 13.2 Å². The van der Waals surface area contributed by atoms with Gasteiger partial charge in [0.2, 0.25) is 0 Å². The molecule has 0 amide bonds. The third-order valence-electron chi connectivity index (χ3n) is 5.66. The minimum absolute atomic E-state index is 0.204. The molecule has 166 valence electrons. The lowest BCUT2D eigenvalue weighted by atomic mass is 9.94. The van der Waals surface area contributed by atoms with E-state index in [2.05, 4.69) is 15.3 Å². The Balaban J connectivity index is 1.67. The van der Waals surface area contributed by atoms with E-state index in [1.54, 1.807) is 6.07 Å². The fourth-order valence-corrected chi connectivity index (χ4v) is 3.96. The Morgan fingerprint density at radius 1 is 1.03 bits per heavy atom. The molecule has 0 bridgehead atoms. The third kappa shape index (κ3) is 4.75. The van der Waals surface area contributed by atoms with E-state index in [4.69, 9.17) is 5.73 Å². The Hall–Kier alpha value is -3.39. The molecule has 1 aromatic heterocycles. The normalized spacial score (nSPS) is 15.7. The van der Waals surface area contributed by atoms with Crippen LogP contribution in [0, 0.1) is 0 Å². The zero-order valence-corrected chi connectivity index (χ0v) is 17.2.